The lowest BCUT2D eigenvalue weighted by Gasteiger charge is -1.99. The summed E-state index contributed by atoms with van der Waals surface area (Å²) in [5.74, 6) is 0.255. The Kier molecular flexibility index (Phi) is 2.06. The largest absolute Gasteiger partial charge is 0.331 e. The summed E-state index contributed by atoms with van der Waals surface area (Å²) in [4.78, 5) is 15.7. The van der Waals surface area contributed by atoms with Gasteiger partial charge in [-0.3, -0.25) is 4.79 Å². The van der Waals surface area contributed by atoms with Crippen molar-refractivity contribution in [1.29, 1.82) is 0 Å². The van der Waals surface area contributed by atoms with Gasteiger partial charge in [-0.15, -0.1) is 0 Å². The van der Waals surface area contributed by atoms with Crippen molar-refractivity contribution < 1.29 is 4.79 Å². The van der Waals surface area contributed by atoms with E-state index < -0.39 is 0 Å². The molecule has 0 aliphatic heterocycles. The highest BCUT2D eigenvalue weighted by Gasteiger charge is 2.13. The van der Waals surface area contributed by atoms with Crippen molar-refractivity contribution in [2.45, 2.75) is 0 Å². The van der Waals surface area contributed by atoms with Gasteiger partial charge >= 0.3 is 0 Å². The normalized spacial score (nSPS) is 10.1. The molecule has 0 saturated carbocycles. The first kappa shape index (κ1) is 8.55. The van der Waals surface area contributed by atoms with Crippen molar-refractivity contribution in [1.82, 2.24) is 19.7 Å². The summed E-state index contributed by atoms with van der Waals surface area (Å²) < 4.78 is 1.67. The molecule has 0 aliphatic rings. The van der Waals surface area contributed by atoms with Crippen LogP contribution in [0.3, 0.4) is 0 Å². The van der Waals surface area contributed by atoms with Crippen LogP contribution in [0.4, 0.5) is 0 Å². The number of rotatable bonds is 2. The third kappa shape index (κ3) is 1.39. The summed E-state index contributed by atoms with van der Waals surface area (Å²) in [7, 11) is 1.77. The van der Waals surface area contributed by atoms with E-state index >= 15 is 0 Å². The summed E-state index contributed by atoms with van der Waals surface area (Å²) in [6.45, 7) is 0. The summed E-state index contributed by atoms with van der Waals surface area (Å²) in [6.07, 6.45) is 6.22. The molecular weight excluding hydrogens is 180 g/mol. The molecule has 14 heavy (non-hydrogen) atoms. The zero-order valence-electron chi connectivity index (χ0n) is 7.58. The lowest BCUT2D eigenvalue weighted by molar-refractivity contribution is 0.102. The fourth-order valence-corrected chi connectivity index (χ4v) is 1.14. The van der Waals surface area contributed by atoms with E-state index in [0.717, 1.165) is 0 Å². The van der Waals surface area contributed by atoms with Gasteiger partial charge in [0.15, 0.2) is 5.82 Å². The van der Waals surface area contributed by atoms with E-state index in [9.17, 15) is 4.79 Å². The van der Waals surface area contributed by atoms with Crippen LogP contribution < -0.4 is 0 Å². The molecule has 0 fully saturated rings. The van der Waals surface area contributed by atoms with Crippen LogP contribution in [0, 0.1) is 0 Å². The van der Waals surface area contributed by atoms with Crippen molar-refractivity contribution in [3.05, 3.63) is 42.2 Å². The molecule has 0 N–H and O–H groups in total. The molecule has 5 nitrogen and oxygen atoms in total. The third-order valence-electron chi connectivity index (χ3n) is 1.87. The summed E-state index contributed by atoms with van der Waals surface area (Å²) >= 11 is 0. The second-order valence-corrected chi connectivity index (χ2v) is 2.82. The number of imidazole rings is 1. The van der Waals surface area contributed by atoms with Gasteiger partial charge in [0.2, 0.25) is 5.78 Å². The number of nitrogens with zero attached hydrogens (tertiary/aromatic N) is 4. The Hall–Kier alpha value is -2.04. The second-order valence-electron chi connectivity index (χ2n) is 2.82. The number of aryl methyl sites for hydroxylation is 1. The maximum absolute atomic E-state index is 11.8. The van der Waals surface area contributed by atoms with Crippen LogP contribution in [-0.2, 0) is 7.05 Å². The predicted octanol–water partition coefficient (Wildman–Crippen LogP) is 0.441. The number of ketones is 1. The first-order chi connectivity index (χ1) is 6.79. The van der Waals surface area contributed by atoms with Crippen LogP contribution in [0.5, 0.6) is 0 Å². The van der Waals surface area contributed by atoms with Gasteiger partial charge in [-0.05, 0) is 6.07 Å². The average Bonchev–Trinajstić information content (AvgIpc) is 2.65. The van der Waals surface area contributed by atoms with Gasteiger partial charge in [-0.1, -0.05) is 0 Å². The van der Waals surface area contributed by atoms with Crippen LogP contribution in [0.25, 0.3) is 0 Å². The number of carbonyl (C=O) groups is 1. The van der Waals surface area contributed by atoms with E-state index in [4.69, 9.17) is 0 Å². The number of hydrogen-bond donors (Lipinski definition) is 0. The minimum Gasteiger partial charge on any atom is -0.331 e. The average molecular weight is 188 g/mol. The highest BCUT2D eigenvalue weighted by atomic mass is 16.1. The fraction of sp³-hybridized carbons (Fsp3) is 0.111. The Morgan fingerprint density at radius 3 is 2.79 bits per heavy atom. The molecule has 5 heteroatoms. The van der Waals surface area contributed by atoms with Crippen LogP contribution in [0.2, 0.25) is 0 Å². The minimum absolute atomic E-state index is 0.146. The molecule has 2 aromatic heterocycles. The van der Waals surface area contributed by atoms with Crippen LogP contribution >= 0.6 is 0 Å². The van der Waals surface area contributed by atoms with E-state index in [0.29, 0.717) is 11.4 Å². The topological polar surface area (TPSA) is 60.7 Å². The van der Waals surface area contributed by atoms with Gasteiger partial charge in [0.1, 0.15) is 0 Å². The minimum atomic E-state index is -0.146. The molecule has 2 aromatic rings. The highest BCUT2D eigenvalue weighted by Crippen LogP contribution is 2.04. The molecule has 0 amide bonds. The van der Waals surface area contributed by atoms with E-state index in [-0.39, 0.29) is 5.78 Å². The molecule has 0 radical (unpaired) electrons. The van der Waals surface area contributed by atoms with E-state index in [1.54, 1.807) is 30.1 Å². The Labute approximate surface area is 80.4 Å². The molecule has 0 saturated heterocycles. The molecule has 0 aliphatic carbocycles. The van der Waals surface area contributed by atoms with Gasteiger partial charge in [0.25, 0.3) is 0 Å². The lowest BCUT2D eigenvalue weighted by Crippen LogP contribution is -2.08. The third-order valence-corrected chi connectivity index (χ3v) is 1.87. The molecule has 0 aromatic carbocycles. The molecule has 0 bridgehead atoms. The zero-order valence-corrected chi connectivity index (χ0v) is 7.58. The Bertz CT molecular complexity index is 449. The maximum Gasteiger partial charge on any atom is 0.230 e. The molecule has 0 atom stereocenters. The molecule has 2 heterocycles. The van der Waals surface area contributed by atoms with E-state index in [1.807, 2.05) is 0 Å². The van der Waals surface area contributed by atoms with Crippen molar-refractivity contribution in [2.75, 3.05) is 0 Å². The Morgan fingerprint density at radius 1 is 1.36 bits per heavy atom. The van der Waals surface area contributed by atoms with Gasteiger partial charge in [-0.25, -0.2) is 4.98 Å². The van der Waals surface area contributed by atoms with Crippen molar-refractivity contribution >= 4 is 5.78 Å². The van der Waals surface area contributed by atoms with Crippen molar-refractivity contribution in [3.8, 4) is 0 Å². The zero-order chi connectivity index (χ0) is 9.97. The predicted molar refractivity (Wildman–Crippen MR) is 48.7 cm³/mol. The molecule has 0 unspecified atom stereocenters. The maximum atomic E-state index is 11.8. The molecule has 2 rings (SSSR count). The Morgan fingerprint density at radius 2 is 2.21 bits per heavy atom. The summed E-state index contributed by atoms with van der Waals surface area (Å²) in [6, 6.07) is 1.62. The highest BCUT2D eigenvalue weighted by molar-refractivity contribution is 6.06. The SMILES string of the molecule is Cn1ccnc1C(=O)c1ccnnc1. The number of aromatic nitrogens is 4. The molecule has 70 valence electrons. The van der Waals surface area contributed by atoms with Crippen LogP contribution in [0.15, 0.2) is 30.9 Å². The van der Waals surface area contributed by atoms with Crippen molar-refractivity contribution in [2.24, 2.45) is 7.05 Å². The number of hydrogen-bond acceptors (Lipinski definition) is 4. The molecule has 0 spiro atoms. The molecular formula is C9H8N4O. The Balaban J connectivity index is 2.39. The smallest absolute Gasteiger partial charge is 0.230 e. The first-order valence-corrected chi connectivity index (χ1v) is 4.08. The standard InChI is InChI=1S/C9H8N4O/c1-13-5-4-10-9(13)8(14)7-2-3-11-12-6-7/h2-6H,1H3. The van der Waals surface area contributed by atoms with Crippen molar-refractivity contribution in [3.63, 3.8) is 0 Å². The summed E-state index contributed by atoms with van der Waals surface area (Å²) in [5, 5.41) is 7.24. The fourth-order valence-electron chi connectivity index (χ4n) is 1.14. The van der Waals surface area contributed by atoms with E-state index in [2.05, 4.69) is 15.2 Å². The second kappa shape index (κ2) is 3.37. The number of carbonyl (C=O) groups excluding carboxylic acids is 1. The first-order valence-electron chi connectivity index (χ1n) is 4.08. The van der Waals surface area contributed by atoms with E-state index in [1.165, 1.54) is 12.4 Å². The van der Waals surface area contributed by atoms with Gasteiger partial charge in [0.05, 0.1) is 12.4 Å². The monoisotopic (exact) mass is 188 g/mol. The van der Waals surface area contributed by atoms with Crippen LogP contribution in [0.1, 0.15) is 16.2 Å². The quantitative estimate of drug-likeness (QED) is 0.641. The van der Waals surface area contributed by atoms with Gasteiger partial charge in [0, 0.05) is 25.0 Å². The van der Waals surface area contributed by atoms with Crippen LogP contribution in [-0.4, -0.2) is 25.5 Å². The van der Waals surface area contributed by atoms with Gasteiger partial charge < -0.3 is 4.57 Å². The summed E-state index contributed by atoms with van der Waals surface area (Å²) in [5.41, 5.74) is 0.495. The van der Waals surface area contributed by atoms with Gasteiger partial charge in [-0.2, -0.15) is 10.2 Å². The lowest BCUT2D eigenvalue weighted by atomic mass is 10.2.